The smallest absolute Gasteiger partial charge is 0.230 e. The SMILES string of the molecule is C1CC(c2noc(C3CC4CCC3C4)n2)CCN1. The molecule has 3 unspecified atom stereocenters. The van der Waals surface area contributed by atoms with Gasteiger partial charge >= 0.3 is 0 Å². The molecule has 1 N–H and O–H groups in total. The molecule has 3 atom stereocenters. The monoisotopic (exact) mass is 247 g/mol. The summed E-state index contributed by atoms with van der Waals surface area (Å²) in [4.78, 5) is 4.73. The van der Waals surface area contributed by atoms with Gasteiger partial charge in [-0.15, -0.1) is 0 Å². The van der Waals surface area contributed by atoms with E-state index in [9.17, 15) is 0 Å². The highest BCUT2D eigenvalue weighted by atomic mass is 16.5. The lowest BCUT2D eigenvalue weighted by molar-refractivity contribution is 0.298. The van der Waals surface area contributed by atoms with E-state index in [1.807, 2.05) is 0 Å². The Morgan fingerprint density at radius 2 is 1.94 bits per heavy atom. The fourth-order valence-electron chi connectivity index (χ4n) is 4.19. The molecule has 4 nitrogen and oxygen atoms in total. The minimum absolute atomic E-state index is 0.516. The Morgan fingerprint density at radius 1 is 1.06 bits per heavy atom. The Morgan fingerprint density at radius 3 is 2.67 bits per heavy atom. The van der Waals surface area contributed by atoms with Crippen molar-refractivity contribution in [3.63, 3.8) is 0 Å². The second kappa shape index (κ2) is 4.34. The van der Waals surface area contributed by atoms with Crippen LogP contribution in [-0.2, 0) is 0 Å². The van der Waals surface area contributed by atoms with Gasteiger partial charge in [-0.2, -0.15) is 4.98 Å². The predicted octanol–water partition coefficient (Wildman–Crippen LogP) is 2.44. The lowest BCUT2D eigenvalue weighted by Gasteiger charge is -2.19. The molecular formula is C14H21N3O. The standard InChI is InChI=1S/C14H21N3O/c1-2-11-7-9(1)8-12(11)14-16-13(17-18-14)10-3-5-15-6-4-10/h9-12,15H,1-8H2. The number of rotatable bonds is 2. The van der Waals surface area contributed by atoms with E-state index in [1.165, 1.54) is 25.7 Å². The Labute approximate surface area is 108 Å². The van der Waals surface area contributed by atoms with E-state index in [0.717, 1.165) is 49.5 Å². The summed E-state index contributed by atoms with van der Waals surface area (Å²) in [5, 5.41) is 7.64. The molecule has 2 aliphatic carbocycles. The summed E-state index contributed by atoms with van der Waals surface area (Å²) < 4.78 is 5.57. The van der Waals surface area contributed by atoms with Gasteiger partial charge in [-0.05, 0) is 57.0 Å². The maximum atomic E-state index is 5.57. The van der Waals surface area contributed by atoms with Crippen molar-refractivity contribution in [3.05, 3.63) is 11.7 Å². The number of aromatic nitrogens is 2. The number of nitrogens with one attached hydrogen (secondary N) is 1. The lowest BCUT2D eigenvalue weighted by Crippen LogP contribution is -2.27. The van der Waals surface area contributed by atoms with Gasteiger partial charge in [0.2, 0.25) is 5.89 Å². The third-order valence-corrected chi connectivity index (χ3v) is 5.22. The van der Waals surface area contributed by atoms with E-state index in [0.29, 0.717) is 11.8 Å². The highest BCUT2D eigenvalue weighted by molar-refractivity contribution is 5.07. The maximum Gasteiger partial charge on any atom is 0.230 e. The number of hydrogen-bond donors (Lipinski definition) is 1. The molecule has 3 aliphatic rings. The molecule has 4 heteroatoms. The highest BCUT2D eigenvalue weighted by Gasteiger charge is 2.43. The van der Waals surface area contributed by atoms with Crippen molar-refractivity contribution < 1.29 is 4.52 Å². The fraction of sp³-hybridized carbons (Fsp3) is 0.857. The summed E-state index contributed by atoms with van der Waals surface area (Å²) in [7, 11) is 0. The molecule has 0 amide bonds. The van der Waals surface area contributed by atoms with E-state index in [2.05, 4.69) is 10.5 Å². The molecule has 0 aromatic carbocycles. The first-order valence-corrected chi connectivity index (χ1v) is 7.44. The summed E-state index contributed by atoms with van der Waals surface area (Å²) in [6.45, 7) is 2.17. The summed E-state index contributed by atoms with van der Waals surface area (Å²) >= 11 is 0. The molecule has 2 bridgehead atoms. The van der Waals surface area contributed by atoms with Gasteiger partial charge in [0.15, 0.2) is 5.82 Å². The Kier molecular flexibility index (Phi) is 2.64. The predicted molar refractivity (Wildman–Crippen MR) is 67.3 cm³/mol. The number of fused-ring (bicyclic) bond motifs is 2. The van der Waals surface area contributed by atoms with E-state index >= 15 is 0 Å². The van der Waals surface area contributed by atoms with Gasteiger partial charge in [0.05, 0.1) is 0 Å². The molecule has 1 aromatic rings. The zero-order valence-electron chi connectivity index (χ0n) is 10.8. The third-order valence-electron chi connectivity index (χ3n) is 5.22. The quantitative estimate of drug-likeness (QED) is 0.872. The molecular weight excluding hydrogens is 226 g/mol. The van der Waals surface area contributed by atoms with Gasteiger partial charge in [0.25, 0.3) is 0 Å². The Balaban J connectivity index is 1.51. The van der Waals surface area contributed by atoms with Gasteiger partial charge in [-0.1, -0.05) is 11.6 Å². The zero-order valence-corrected chi connectivity index (χ0v) is 10.8. The van der Waals surface area contributed by atoms with E-state index < -0.39 is 0 Å². The largest absolute Gasteiger partial charge is 0.339 e. The first kappa shape index (κ1) is 11.0. The molecule has 0 radical (unpaired) electrons. The second-order valence-electron chi connectivity index (χ2n) is 6.30. The van der Waals surface area contributed by atoms with Crippen LogP contribution in [0.5, 0.6) is 0 Å². The minimum atomic E-state index is 0.516. The average Bonchev–Trinajstić information content (AvgIpc) is 3.15. The average molecular weight is 247 g/mol. The van der Waals surface area contributed by atoms with E-state index in [-0.39, 0.29) is 0 Å². The van der Waals surface area contributed by atoms with Crippen molar-refractivity contribution in [2.24, 2.45) is 11.8 Å². The van der Waals surface area contributed by atoms with E-state index in [4.69, 9.17) is 9.51 Å². The van der Waals surface area contributed by atoms with Crippen LogP contribution in [0.3, 0.4) is 0 Å². The molecule has 1 aliphatic heterocycles. The van der Waals surface area contributed by atoms with Crippen molar-refractivity contribution in [2.45, 2.75) is 50.4 Å². The molecule has 2 saturated carbocycles. The van der Waals surface area contributed by atoms with E-state index in [1.54, 1.807) is 0 Å². The summed E-state index contributed by atoms with van der Waals surface area (Å²) in [5.41, 5.74) is 0. The van der Waals surface area contributed by atoms with Crippen molar-refractivity contribution in [1.29, 1.82) is 0 Å². The number of nitrogens with zero attached hydrogens (tertiary/aromatic N) is 2. The maximum absolute atomic E-state index is 5.57. The van der Waals surface area contributed by atoms with Crippen molar-refractivity contribution in [3.8, 4) is 0 Å². The minimum Gasteiger partial charge on any atom is -0.339 e. The molecule has 3 fully saturated rings. The topological polar surface area (TPSA) is 51.0 Å². The molecule has 4 rings (SSSR count). The van der Waals surface area contributed by atoms with Crippen LogP contribution >= 0.6 is 0 Å². The van der Waals surface area contributed by atoms with Crippen LogP contribution in [-0.4, -0.2) is 23.2 Å². The van der Waals surface area contributed by atoms with Gasteiger partial charge in [0, 0.05) is 11.8 Å². The van der Waals surface area contributed by atoms with Gasteiger partial charge in [-0.25, -0.2) is 0 Å². The van der Waals surface area contributed by atoms with Crippen LogP contribution in [0.15, 0.2) is 4.52 Å². The molecule has 1 saturated heterocycles. The molecule has 98 valence electrons. The molecule has 0 spiro atoms. The third kappa shape index (κ3) is 1.78. The molecule has 1 aromatic heterocycles. The van der Waals surface area contributed by atoms with Crippen LogP contribution < -0.4 is 5.32 Å². The Hall–Kier alpha value is -0.900. The van der Waals surface area contributed by atoms with Crippen LogP contribution in [0, 0.1) is 11.8 Å². The molecule has 2 heterocycles. The highest BCUT2D eigenvalue weighted by Crippen LogP contribution is 2.52. The van der Waals surface area contributed by atoms with Crippen molar-refractivity contribution in [1.82, 2.24) is 15.5 Å². The Bertz CT molecular complexity index is 424. The summed E-state index contributed by atoms with van der Waals surface area (Å²) in [6, 6.07) is 0. The van der Waals surface area contributed by atoms with Gasteiger partial charge < -0.3 is 9.84 Å². The number of hydrogen-bond acceptors (Lipinski definition) is 4. The number of piperidine rings is 1. The lowest BCUT2D eigenvalue weighted by atomic mass is 9.89. The first-order chi connectivity index (χ1) is 8.90. The van der Waals surface area contributed by atoms with Crippen molar-refractivity contribution in [2.75, 3.05) is 13.1 Å². The zero-order chi connectivity index (χ0) is 11.9. The summed E-state index contributed by atoms with van der Waals surface area (Å²) in [6.07, 6.45) is 7.79. The van der Waals surface area contributed by atoms with Crippen LogP contribution in [0.1, 0.15) is 62.1 Å². The van der Waals surface area contributed by atoms with Crippen LogP contribution in [0.4, 0.5) is 0 Å². The fourth-order valence-corrected chi connectivity index (χ4v) is 4.19. The first-order valence-electron chi connectivity index (χ1n) is 7.44. The van der Waals surface area contributed by atoms with Crippen molar-refractivity contribution >= 4 is 0 Å². The normalized spacial score (nSPS) is 36.3. The van der Waals surface area contributed by atoms with Gasteiger partial charge in [-0.3, -0.25) is 0 Å². The van der Waals surface area contributed by atoms with Gasteiger partial charge in [0.1, 0.15) is 0 Å². The summed E-state index contributed by atoms with van der Waals surface area (Å²) in [5.74, 6) is 4.77. The van der Waals surface area contributed by atoms with Crippen LogP contribution in [0.2, 0.25) is 0 Å². The van der Waals surface area contributed by atoms with Crippen LogP contribution in [0.25, 0.3) is 0 Å². The second-order valence-corrected chi connectivity index (χ2v) is 6.30. The molecule has 18 heavy (non-hydrogen) atoms.